The fourth-order valence-corrected chi connectivity index (χ4v) is 1.45. The van der Waals surface area contributed by atoms with Crippen LogP contribution in [0.2, 0.25) is 0 Å². The molecule has 0 aromatic carbocycles. The van der Waals surface area contributed by atoms with Crippen LogP contribution in [0.5, 0.6) is 0 Å². The zero-order chi connectivity index (χ0) is 17.8. The summed E-state index contributed by atoms with van der Waals surface area (Å²) in [6.07, 6.45) is 2.42. The minimum Gasteiger partial charge on any atom is -0.443 e. The van der Waals surface area contributed by atoms with Crippen LogP contribution in [0, 0.1) is 0 Å². The highest BCUT2D eigenvalue weighted by Crippen LogP contribution is 2.19. The molecule has 1 aromatic heterocycles. The van der Waals surface area contributed by atoms with Crippen LogP contribution in [0.4, 0.5) is 15.4 Å². The van der Waals surface area contributed by atoms with E-state index in [4.69, 9.17) is 9.47 Å². The molecule has 0 unspecified atom stereocenters. The van der Waals surface area contributed by atoms with Crippen LogP contribution in [-0.4, -0.2) is 33.4 Å². The topological polar surface area (TPSA) is 81.6 Å². The number of hydrogen-bond donors (Lipinski definition) is 0. The van der Waals surface area contributed by atoms with Crippen molar-refractivity contribution in [1.82, 2.24) is 9.97 Å². The largest absolute Gasteiger partial charge is 0.443 e. The van der Waals surface area contributed by atoms with Crippen molar-refractivity contribution < 1.29 is 19.1 Å². The predicted octanol–water partition coefficient (Wildman–Crippen LogP) is 3.80. The van der Waals surface area contributed by atoms with Crippen LogP contribution in [0.25, 0.3) is 6.08 Å². The summed E-state index contributed by atoms with van der Waals surface area (Å²) in [4.78, 5) is 33.6. The first kappa shape index (κ1) is 18.6. The van der Waals surface area contributed by atoms with Gasteiger partial charge in [0.2, 0.25) is 0 Å². The lowest BCUT2D eigenvalue weighted by molar-refractivity contribution is 0.0429. The lowest BCUT2D eigenvalue weighted by Crippen LogP contribution is -2.44. The van der Waals surface area contributed by atoms with Gasteiger partial charge in [0.05, 0.1) is 18.1 Å². The van der Waals surface area contributed by atoms with Gasteiger partial charge < -0.3 is 9.47 Å². The summed E-state index contributed by atoms with van der Waals surface area (Å²) in [6, 6.07) is 0. The monoisotopic (exact) mass is 321 g/mol. The average Bonchev–Trinajstić information content (AvgIpc) is 2.34. The number of imide groups is 1. The molecule has 0 atom stereocenters. The molecule has 0 spiro atoms. The lowest BCUT2D eigenvalue weighted by Gasteiger charge is -2.27. The predicted molar refractivity (Wildman–Crippen MR) is 87.1 cm³/mol. The number of ether oxygens (including phenoxy) is 2. The number of nitrogens with zero attached hydrogens (tertiary/aromatic N) is 3. The number of hydrogen-bond acceptors (Lipinski definition) is 6. The molecule has 0 aliphatic carbocycles. The molecule has 0 N–H and O–H groups in total. The molecule has 1 heterocycles. The Morgan fingerprint density at radius 1 is 1.04 bits per heavy atom. The Kier molecular flexibility index (Phi) is 5.47. The minimum atomic E-state index is -0.887. The normalized spacial score (nSPS) is 11.6. The number of rotatable bonds is 2. The third-order valence-electron chi connectivity index (χ3n) is 2.23. The standard InChI is InChI=1S/C16H23N3O4/c1-8-11-9-17-10-12(18-11)19(13(20)22-15(2,3)4)14(21)23-16(5,6)7/h8-10H,1H2,2-7H3. The summed E-state index contributed by atoms with van der Waals surface area (Å²) >= 11 is 0. The van der Waals surface area contributed by atoms with Crippen molar-refractivity contribution in [2.45, 2.75) is 52.7 Å². The van der Waals surface area contributed by atoms with Gasteiger partial charge in [0.1, 0.15) is 11.2 Å². The molecule has 1 rings (SSSR count). The molecule has 0 fully saturated rings. The van der Waals surface area contributed by atoms with Gasteiger partial charge in [-0.05, 0) is 47.6 Å². The van der Waals surface area contributed by atoms with Gasteiger partial charge in [0, 0.05) is 0 Å². The SMILES string of the molecule is C=Cc1cncc(N(C(=O)OC(C)(C)C)C(=O)OC(C)(C)C)n1. The second kappa shape index (κ2) is 6.76. The van der Waals surface area contributed by atoms with Gasteiger partial charge >= 0.3 is 12.2 Å². The molecular weight excluding hydrogens is 298 g/mol. The van der Waals surface area contributed by atoms with Gasteiger partial charge in [0.25, 0.3) is 0 Å². The van der Waals surface area contributed by atoms with Crippen molar-refractivity contribution in [3.63, 3.8) is 0 Å². The van der Waals surface area contributed by atoms with Crippen molar-refractivity contribution in [1.29, 1.82) is 0 Å². The maximum atomic E-state index is 12.4. The molecule has 0 bridgehead atoms. The number of carbonyl (C=O) groups is 2. The molecule has 7 heteroatoms. The van der Waals surface area contributed by atoms with Crippen LogP contribution in [-0.2, 0) is 9.47 Å². The number of aromatic nitrogens is 2. The molecule has 0 radical (unpaired) electrons. The van der Waals surface area contributed by atoms with Crippen LogP contribution in [0.3, 0.4) is 0 Å². The van der Waals surface area contributed by atoms with Gasteiger partial charge in [-0.1, -0.05) is 6.58 Å². The molecule has 0 aliphatic heterocycles. The second-order valence-corrected chi connectivity index (χ2v) is 6.80. The van der Waals surface area contributed by atoms with Gasteiger partial charge in [-0.2, -0.15) is 4.90 Å². The van der Waals surface area contributed by atoms with Gasteiger partial charge in [-0.15, -0.1) is 0 Å². The van der Waals surface area contributed by atoms with Crippen LogP contribution >= 0.6 is 0 Å². The summed E-state index contributed by atoms with van der Waals surface area (Å²) in [5.41, 5.74) is -1.14. The van der Waals surface area contributed by atoms with E-state index in [0.717, 1.165) is 4.90 Å². The summed E-state index contributed by atoms with van der Waals surface area (Å²) in [5.74, 6) is 0.00546. The van der Waals surface area contributed by atoms with E-state index < -0.39 is 23.4 Å². The fraction of sp³-hybridized carbons (Fsp3) is 0.500. The maximum absolute atomic E-state index is 12.4. The first-order chi connectivity index (χ1) is 10.4. The highest BCUT2D eigenvalue weighted by atomic mass is 16.6. The highest BCUT2D eigenvalue weighted by Gasteiger charge is 2.33. The van der Waals surface area contributed by atoms with E-state index in [1.807, 2.05) is 0 Å². The molecule has 23 heavy (non-hydrogen) atoms. The molecule has 126 valence electrons. The maximum Gasteiger partial charge on any atom is 0.425 e. The van der Waals surface area contributed by atoms with E-state index in [0.29, 0.717) is 5.69 Å². The summed E-state index contributed by atoms with van der Waals surface area (Å²) < 4.78 is 10.5. The van der Waals surface area contributed by atoms with Gasteiger partial charge in [-0.3, -0.25) is 4.98 Å². The number of carbonyl (C=O) groups excluding carboxylic acids is 2. The fourth-order valence-electron chi connectivity index (χ4n) is 1.45. The lowest BCUT2D eigenvalue weighted by atomic mass is 10.2. The van der Waals surface area contributed by atoms with E-state index in [-0.39, 0.29) is 5.82 Å². The quantitative estimate of drug-likeness (QED) is 0.824. The first-order valence-corrected chi connectivity index (χ1v) is 7.13. The van der Waals surface area contributed by atoms with Crippen molar-refractivity contribution in [2.75, 3.05) is 4.90 Å². The number of amides is 2. The molecule has 2 amide bonds. The second-order valence-electron chi connectivity index (χ2n) is 6.80. The van der Waals surface area contributed by atoms with E-state index in [2.05, 4.69) is 16.5 Å². The van der Waals surface area contributed by atoms with E-state index in [1.54, 1.807) is 41.5 Å². The third kappa shape index (κ3) is 6.06. The Labute approximate surface area is 136 Å². The van der Waals surface area contributed by atoms with Crippen LogP contribution in [0.1, 0.15) is 47.2 Å². The van der Waals surface area contributed by atoms with E-state index >= 15 is 0 Å². The summed E-state index contributed by atoms with van der Waals surface area (Å²) in [5, 5.41) is 0. The zero-order valence-corrected chi connectivity index (χ0v) is 14.4. The Hall–Kier alpha value is -2.44. The first-order valence-electron chi connectivity index (χ1n) is 7.13. The van der Waals surface area contributed by atoms with Crippen molar-refractivity contribution in [3.05, 3.63) is 24.7 Å². The molecule has 0 saturated carbocycles. The van der Waals surface area contributed by atoms with Crippen LogP contribution in [0.15, 0.2) is 19.0 Å². The Morgan fingerprint density at radius 2 is 1.52 bits per heavy atom. The summed E-state index contributed by atoms with van der Waals surface area (Å²) in [7, 11) is 0. The molecule has 7 nitrogen and oxygen atoms in total. The van der Waals surface area contributed by atoms with Gasteiger partial charge in [0.15, 0.2) is 5.82 Å². The molecular formula is C16H23N3O4. The summed E-state index contributed by atoms with van der Waals surface area (Å²) in [6.45, 7) is 13.8. The smallest absolute Gasteiger partial charge is 0.425 e. The molecule has 0 aliphatic rings. The minimum absolute atomic E-state index is 0.00546. The molecule has 0 saturated heterocycles. The van der Waals surface area contributed by atoms with Gasteiger partial charge in [-0.25, -0.2) is 14.6 Å². The Balaban J connectivity index is 3.22. The average molecular weight is 321 g/mol. The van der Waals surface area contributed by atoms with E-state index in [9.17, 15) is 9.59 Å². The third-order valence-corrected chi connectivity index (χ3v) is 2.23. The zero-order valence-electron chi connectivity index (χ0n) is 14.4. The van der Waals surface area contributed by atoms with Crippen molar-refractivity contribution in [3.8, 4) is 0 Å². The molecule has 1 aromatic rings. The van der Waals surface area contributed by atoms with Crippen molar-refractivity contribution in [2.24, 2.45) is 0 Å². The van der Waals surface area contributed by atoms with Crippen LogP contribution < -0.4 is 4.90 Å². The highest BCUT2D eigenvalue weighted by molar-refractivity contribution is 6.08. The number of anilines is 1. The van der Waals surface area contributed by atoms with E-state index in [1.165, 1.54) is 18.5 Å². The Morgan fingerprint density at radius 3 is 1.91 bits per heavy atom. The Bertz CT molecular complexity index is 572. The van der Waals surface area contributed by atoms with Crippen molar-refractivity contribution >= 4 is 24.1 Å².